The minimum Gasteiger partial charge on any atom is -0.386 e. The van der Waals surface area contributed by atoms with Crippen molar-refractivity contribution in [3.05, 3.63) is 36.0 Å². The summed E-state index contributed by atoms with van der Waals surface area (Å²) >= 11 is 8.71. The molecule has 26 heavy (non-hydrogen) atoms. The molecule has 142 valence electrons. The second-order valence-corrected chi connectivity index (χ2v) is 7.85. The van der Waals surface area contributed by atoms with Crippen molar-refractivity contribution < 1.29 is 30.0 Å². The maximum Gasteiger partial charge on any atom is 0.217 e. The molecule has 1 aromatic carbocycles. The summed E-state index contributed by atoms with van der Waals surface area (Å²) in [5.41, 5.74) is -3.20. The van der Waals surface area contributed by atoms with Crippen LogP contribution < -0.4 is 5.32 Å². The summed E-state index contributed by atoms with van der Waals surface area (Å²) in [5.74, 6) is -0.559. The average molecular weight is 450 g/mol. The van der Waals surface area contributed by atoms with E-state index >= 15 is 0 Å². The zero-order chi connectivity index (χ0) is 19.3. The number of hydrogen-bond acceptors (Lipinski definition) is 6. The molecule has 1 aromatic heterocycles. The molecule has 0 radical (unpaired) electrons. The number of benzene rings is 1. The number of carbonyl (C=O) groups is 1. The highest BCUT2D eigenvalue weighted by Gasteiger charge is 2.65. The molecular formula is C16H18BrClN2O6. The maximum absolute atomic E-state index is 11.6. The fraction of sp³-hybridized carbons (Fsp3) is 0.438. The lowest BCUT2D eigenvalue weighted by atomic mass is 9.76. The van der Waals surface area contributed by atoms with Gasteiger partial charge in [0.05, 0.1) is 0 Å². The predicted molar refractivity (Wildman–Crippen MR) is 96.4 cm³/mol. The Balaban J connectivity index is 2.23. The quantitative estimate of drug-likeness (QED) is 0.371. The zero-order valence-corrected chi connectivity index (χ0v) is 15.9. The molecule has 1 fully saturated rings. The van der Waals surface area contributed by atoms with Crippen LogP contribution in [0.2, 0.25) is 0 Å². The molecule has 0 spiro atoms. The number of amides is 1. The fourth-order valence-corrected chi connectivity index (χ4v) is 4.02. The number of hydrogen-bond donors (Lipinski definition) is 6. The van der Waals surface area contributed by atoms with Crippen LogP contribution >= 0.6 is 27.5 Å². The van der Waals surface area contributed by atoms with Gasteiger partial charge in [-0.3, -0.25) is 4.79 Å². The van der Waals surface area contributed by atoms with Crippen LogP contribution in [0.3, 0.4) is 0 Å². The van der Waals surface area contributed by atoms with Gasteiger partial charge < -0.3 is 35.5 Å². The number of carbonyl (C=O) groups excluding carboxylic acids is 1. The van der Waals surface area contributed by atoms with Gasteiger partial charge in [-0.05, 0) is 22.0 Å². The van der Waals surface area contributed by atoms with Crippen molar-refractivity contribution in [3.8, 4) is 0 Å². The van der Waals surface area contributed by atoms with Gasteiger partial charge in [-0.15, -0.1) is 0 Å². The van der Waals surface area contributed by atoms with Gasteiger partial charge in [-0.25, -0.2) is 0 Å². The monoisotopic (exact) mass is 448 g/mol. The number of ether oxygens (including phenoxy) is 1. The third-order valence-electron chi connectivity index (χ3n) is 4.55. The summed E-state index contributed by atoms with van der Waals surface area (Å²) in [7, 11) is 0. The summed E-state index contributed by atoms with van der Waals surface area (Å²) in [4.78, 5) is 14.6. The lowest BCUT2D eigenvalue weighted by Gasteiger charge is -2.52. The van der Waals surface area contributed by atoms with Gasteiger partial charge in [0.1, 0.15) is 17.7 Å². The number of aromatic nitrogens is 1. The van der Waals surface area contributed by atoms with E-state index in [0.717, 1.165) is 0 Å². The lowest BCUT2D eigenvalue weighted by Crippen LogP contribution is -2.73. The van der Waals surface area contributed by atoms with Crippen molar-refractivity contribution in [2.75, 3.05) is 0 Å². The van der Waals surface area contributed by atoms with Crippen molar-refractivity contribution >= 4 is 44.3 Å². The number of nitrogens with one attached hydrogen (secondary N) is 2. The van der Waals surface area contributed by atoms with Gasteiger partial charge in [0.25, 0.3) is 0 Å². The van der Waals surface area contributed by atoms with Crippen LogP contribution in [0.25, 0.3) is 10.9 Å². The van der Waals surface area contributed by atoms with E-state index < -0.39 is 40.0 Å². The largest absolute Gasteiger partial charge is 0.386 e. The number of aliphatic hydroxyl groups excluding tert-OH is 3. The van der Waals surface area contributed by atoms with Crippen molar-refractivity contribution in [2.45, 2.75) is 41.0 Å². The van der Waals surface area contributed by atoms with Crippen LogP contribution in [0.1, 0.15) is 12.5 Å². The summed E-state index contributed by atoms with van der Waals surface area (Å²) in [6, 6.07) is 5.54. The summed E-state index contributed by atoms with van der Waals surface area (Å²) in [6.07, 6.45) is -2.19. The van der Waals surface area contributed by atoms with Crippen LogP contribution in [0.4, 0.5) is 0 Å². The summed E-state index contributed by atoms with van der Waals surface area (Å²) in [6.45, 7) is 1.20. The van der Waals surface area contributed by atoms with E-state index in [0.29, 0.717) is 10.9 Å². The van der Waals surface area contributed by atoms with Crippen LogP contribution in [-0.2, 0) is 15.1 Å². The van der Waals surface area contributed by atoms with E-state index in [1.165, 1.54) is 13.1 Å². The Morgan fingerprint density at radius 2 is 2.08 bits per heavy atom. The molecule has 1 aliphatic rings. The highest BCUT2D eigenvalue weighted by atomic mass is 79.9. The first-order valence-corrected chi connectivity index (χ1v) is 8.96. The third kappa shape index (κ3) is 2.84. The summed E-state index contributed by atoms with van der Waals surface area (Å²) < 4.78 is 3.13. The lowest BCUT2D eigenvalue weighted by molar-refractivity contribution is -0.305. The number of aliphatic hydroxyl groups is 4. The summed E-state index contributed by atoms with van der Waals surface area (Å²) in [5, 5.41) is 45.7. The Labute approximate surface area is 161 Å². The van der Waals surface area contributed by atoms with Crippen molar-refractivity contribution in [2.24, 2.45) is 0 Å². The van der Waals surface area contributed by atoms with E-state index in [1.807, 2.05) is 0 Å². The van der Waals surface area contributed by atoms with Crippen molar-refractivity contribution in [1.82, 2.24) is 10.3 Å². The smallest absolute Gasteiger partial charge is 0.217 e. The fourth-order valence-electron chi connectivity index (χ4n) is 3.31. The number of fused-ring (bicyclic) bond motifs is 1. The molecule has 6 N–H and O–H groups in total. The average Bonchev–Trinajstić information content (AvgIpc) is 3.01. The molecule has 1 aliphatic heterocycles. The second-order valence-electron chi connectivity index (χ2n) is 6.20. The van der Waals surface area contributed by atoms with E-state index in [1.54, 1.807) is 24.3 Å². The van der Waals surface area contributed by atoms with E-state index in [4.69, 9.17) is 16.3 Å². The Morgan fingerprint density at radius 3 is 2.69 bits per heavy atom. The molecule has 6 atom stereocenters. The molecule has 10 heteroatoms. The maximum atomic E-state index is 11.6. The van der Waals surface area contributed by atoms with Crippen LogP contribution in [-0.4, -0.2) is 59.8 Å². The van der Waals surface area contributed by atoms with Crippen LogP contribution in [0.15, 0.2) is 30.5 Å². The molecule has 1 amide bonds. The molecule has 0 saturated carbocycles. The topological polar surface area (TPSA) is 135 Å². The number of alkyl halides is 2. The Morgan fingerprint density at radius 1 is 1.42 bits per heavy atom. The Hall–Kier alpha value is -1.20. The first-order valence-electron chi connectivity index (χ1n) is 7.73. The molecule has 2 aromatic rings. The highest BCUT2D eigenvalue weighted by Crippen LogP contribution is 2.48. The predicted octanol–water partition coefficient (Wildman–Crippen LogP) is 0.218. The minimum absolute atomic E-state index is 0.197. The van der Waals surface area contributed by atoms with Crippen LogP contribution in [0.5, 0.6) is 0 Å². The zero-order valence-electron chi connectivity index (χ0n) is 13.6. The van der Waals surface area contributed by atoms with Crippen molar-refractivity contribution in [3.63, 3.8) is 0 Å². The highest BCUT2D eigenvalue weighted by molar-refractivity contribution is 9.10. The number of aromatic amines is 1. The molecule has 3 rings (SSSR count). The first kappa shape index (κ1) is 19.6. The molecule has 1 unspecified atom stereocenters. The van der Waals surface area contributed by atoms with E-state index in [9.17, 15) is 25.2 Å². The third-order valence-corrected chi connectivity index (χ3v) is 6.20. The van der Waals surface area contributed by atoms with Crippen LogP contribution in [0, 0.1) is 0 Å². The second kappa shape index (κ2) is 6.75. The standard InChI is InChI=1S/C16H18BrClN2O6/c1-7(21)20-11-12(22)26-16(17,14(18)24)13(23)15(11,25)9-6-19-10-5-3-2-4-8(9)10/h2-6,11-14,19,22-25H,1H3,(H,20,21)/t11-,12+,13-,14?,15+,16-/m0/s1. The van der Waals surface area contributed by atoms with Gasteiger partial charge in [0.15, 0.2) is 16.4 Å². The SMILES string of the molecule is CC(=O)N[C@H]1[C@H](O)O[C@](Br)(C(O)Cl)[C@@H](O)[C@@]1(O)c1c[nH]c2ccccc12. The minimum atomic E-state index is -2.25. The van der Waals surface area contributed by atoms with E-state index in [2.05, 4.69) is 26.2 Å². The number of rotatable bonds is 3. The first-order chi connectivity index (χ1) is 12.1. The number of para-hydroxylation sites is 1. The Bertz CT molecular complexity index is 832. The van der Waals surface area contributed by atoms with Crippen molar-refractivity contribution in [1.29, 1.82) is 0 Å². The molecule has 2 heterocycles. The molecule has 0 aliphatic carbocycles. The molecular weight excluding hydrogens is 432 g/mol. The molecule has 0 bridgehead atoms. The van der Waals surface area contributed by atoms with Gasteiger partial charge in [0, 0.05) is 29.6 Å². The van der Waals surface area contributed by atoms with Gasteiger partial charge in [-0.1, -0.05) is 29.8 Å². The number of H-pyrrole nitrogens is 1. The number of halogens is 2. The van der Waals surface area contributed by atoms with Gasteiger partial charge >= 0.3 is 0 Å². The normalized spacial score (nSPS) is 36.0. The Kier molecular flexibility index (Phi) is 5.08. The van der Waals surface area contributed by atoms with Gasteiger partial charge in [-0.2, -0.15) is 0 Å². The van der Waals surface area contributed by atoms with Gasteiger partial charge in [0.2, 0.25) is 5.91 Å². The molecule has 1 saturated heterocycles. The van der Waals surface area contributed by atoms with E-state index in [-0.39, 0.29) is 5.56 Å². The molecule has 8 nitrogen and oxygen atoms in total.